The van der Waals surface area contributed by atoms with Gasteiger partial charge >= 0.3 is 0 Å². The van der Waals surface area contributed by atoms with Gasteiger partial charge in [-0.25, -0.2) is 4.98 Å². The van der Waals surface area contributed by atoms with Crippen molar-refractivity contribution in [2.45, 2.75) is 45.8 Å². The molecule has 2 N–H and O–H groups in total. The number of likely N-dealkylation sites (tertiary alicyclic amines) is 2. The van der Waals surface area contributed by atoms with Gasteiger partial charge in [0.25, 0.3) is 5.91 Å². The van der Waals surface area contributed by atoms with Gasteiger partial charge < -0.3 is 24.8 Å². The molecular weight excluding hydrogens is 548 g/mol. The molecule has 2 aromatic heterocycles. The number of piperazine rings is 1. The Hall–Kier alpha value is -3.72. The zero-order valence-corrected chi connectivity index (χ0v) is 26.4. The molecule has 0 bridgehead atoms. The summed E-state index contributed by atoms with van der Waals surface area (Å²) in [5.41, 5.74) is 10.9. The van der Waals surface area contributed by atoms with Gasteiger partial charge in [0, 0.05) is 85.5 Å². The zero-order chi connectivity index (χ0) is 30.5. The van der Waals surface area contributed by atoms with Crippen LogP contribution in [0.5, 0.6) is 0 Å². The van der Waals surface area contributed by atoms with E-state index in [4.69, 9.17) is 4.98 Å². The second kappa shape index (κ2) is 11.7. The Morgan fingerprint density at radius 3 is 2.20 bits per heavy atom. The van der Waals surface area contributed by atoms with Crippen molar-refractivity contribution >= 4 is 22.6 Å². The molecule has 0 unspecified atom stereocenters. The molecular formula is C36H44N6O2. The summed E-state index contributed by atoms with van der Waals surface area (Å²) in [4.78, 5) is 30.5. The van der Waals surface area contributed by atoms with Crippen LogP contribution in [0.15, 0.2) is 48.8 Å². The van der Waals surface area contributed by atoms with Crippen molar-refractivity contribution in [2.75, 3.05) is 64.3 Å². The van der Waals surface area contributed by atoms with Crippen LogP contribution >= 0.6 is 0 Å². The fourth-order valence-electron chi connectivity index (χ4n) is 7.55. The molecule has 1 amide bonds. The number of H-pyrrole nitrogens is 1. The van der Waals surface area contributed by atoms with Crippen molar-refractivity contribution in [3.8, 4) is 22.3 Å². The van der Waals surface area contributed by atoms with E-state index in [1.54, 1.807) is 4.90 Å². The Labute approximate surface area is 260 Å². The summed E-state index contributed by atoms with van der Waals surface area (Å²) < 4.78 is 0. The maximum absolute atomic E-state index is 12.9. The van der Waals surface area contributed by atoms with Crippen molar-refractivity contribution in [1.29, 1.82) is 0 Å². The fourth-order valence-corrected chi connectivity index (χ4v) is 7.55. The molecule has 4 aromatic rings. The first-order valence-electron chi connectivity index (χ1n) is 16.1. The van der Waals surface area contributed by atoms with Crippen molar-refractivity contribution < 1.29 is 9.90 Å². The van der Waals surface area contributed by atoms with Gasteiger partial charge in [-0.15, -0.1) is 0 Å². The van der Waals surface area contributed by atoms with Crippen LogP contribution in [0.3, 0.4) is 0 Å². The summed E-state index contributed by atoms with van der Waals surface area (Å²) >= 11 is 0. The Bertz CT molecular complexity index is 1670. The predicted octanol–water partition coefficient (Wildman–Crippen LogP) is 4.86. The molecule has 0 saturated carbocycles. The van der Waals surface area contributed by atoms with E-state index >= 15 is 0 Å². The van der Waals surface area contributed by atoms with Gasteiger partial charge in [-0.3, -0.25) is 9.69 Å². The number of hydrogen-bond donors (Lipinski definition) is 2. The number of rotatable bonds is 5. The minimum Gasteiger partial charge on any atom is -0.389 e. The first kappa shape index (κ1) is 29.0. The van der Waals surface area contributed by atoms with E-state index in [0.717, 1.165) is 65.5 Å². The number of aromatic amines is 1. The highest BCUT2D eigenvalue weighted by Crippen LogP contribution is 2.35. The molecule has 3 aliphatic heterocycles. The molecule has 0 radical (unpaired) electrons. The number of carbonyl (C=O) groups excluding carboxylic acids is 1. The highest BCUT2D eigenvalue weighted by molar-refractivity contribution is 5.99. The van der Waals surface area contributed by atoms with Crippen molar-refractivity contribution in [3.05, 3.63) is 71.0 Å². The number of fused-ring (bicyclic) bond motifs is 1. The van der Waals surface area contributed by atoms with Crippen molar-refractivity contribution in [3.63, 3.8) is 0 Å². The second-order valence-corrected chi connectivity index (χ2v) is 13.2. The average Bonchev–Trinajstić information content (AvgIpc) is 3.43. The average molecular weight is 593 g/mol. The highest BCUT2D eigenvalue weighted by atomic mass is 16.3. The number of nitrogens with one attached hydrogen (secondary N) is 1. The van der Waals surface area contributed by atoms with Gasteiger partial charge in [-0.1, -0.05) is 12.1 Å². The summed E-state index contributed by atoms with van der Waals surface area (Å²) in [5, 5.41) is 10.7. The van der Waals surface area contributed by atoms with Crippen LogP contribution in [0.2, 0.25) is 0 Å². The lowest BCUT2D eigenvalue weighted by Gasteiger charge is -2.43. The van der Waals surface area contributed by atoms with Gasteiger partial charge in [0.15, 0.2) is 0 Å². The van der Waals surface area contributed by atoms with Crippen molar-refractivity contribution in [1.82, 2.24) is 24.7 Å². The fraction of sp³-hybridized carbons (Fsp3) is 0.444. The molecule has 0 aliphatic carbocycles. The largest absolute Gasteiger partial charge is 0.389 e. The summed E-state index contributed by atoms with van der Waals surface area (Å²) in [6, 6.07) is 13.6. The number of β-amino-alcohol motifs (C(OH)–C–C–N with tert-alkyl or cyclic N) is 1. The maximum Gasteiger partial charge on any atom is 0.254 e. The second-order valence-electron chi connectivity index (χ2n) is 13.2. The van der Waals surface area contributed by atoms with Crippen LogP contribution in [0.1, 0.15) is 39.9 Å². The normalized spacial score (nSPS) is 19.1. The molecule has 5 heterocycles. The number of benzene rings is 2. The molecule has 3 saturated heterocycles. The summed E-state index contributed by atoms with van der Waals surface area (Å²) in [5.74, 6) is -0.0180. The van der Waals surface area contributed by atoms with Crippen LogP contribution < -0.4 is 4.90 Å². The minimum atomic E-state index is -0.403. The van der Waals surface area contributed by atoms with E-state index in [2.05, 4.69) is 64.8 Å². The molecule has 3 fully saturated rings. The molecule has 2 aromatic carbocycles. The Morgan fingerprint density at radius 2 is 1.55 bits per heavy atom. The third-order valence-corrected chi connectivity index (χ3v) is 10.1. The van der Waals surface area contributed by atoms with Crippen LogP contribution in [0.25, 0.3) is 33.3 Å². The molecule has 0 atom stereocenters. The van der Waals surface area contributed by atoms with Crippen LogP contribution in [0, 0.1) is 20.8 Å². The van der Waals surface area contributed by atoms with Gasteiger partial charge in [-0.2, -0.15) is 0 Å². The Balaban J connectivity index is 1.10. The van der Waals surface area contributed by atoms with E-state index in [1.807, 2.05) is 31.5 Å². The number of aliphatic hydroxyl groups excluding tert-OH is 1. The molecule has 8 heteroatoms. The van der Waals surface area contributed by atoms with Gasteiger partial charge in [0.1, 0.15) is 5.65 Å². The minimum absolute atomic E-state index is 0.0180. The smallest absolute Gasteiger partial charge is 0.254 e. The monoisotopic (exact) mass is 592 g/mol. The van der Waals surface area contributed by atoms with E-state index in [9.17, 15) is 9.90 Å². The number of amides is 1. The number of carbonyl (C=O) groups is 1. The van der Waals surface area contributed by atoms with E-state index < -0.39 is 6.10 Å². The number of aryl methyl sites for hydroxylation is 3. The van der Waals surface area contributed by atoms with Gasteiger partial charge in [0.2, 0.25) is 0 Å². The first-order valence-corrected chi connectivity index (χ1v) is 16.1. The number of piperidine rings is 1. The molecule has 44 heavy (non-hydrogen) atoms. The van der Waals surface area contributed by atoms with Crippen LogP contribution in [-0.2, 0) is 0 Å². The molecule has 7 rings (SSSR count). The zero-order valence-electron chi connectivity index (χ0n) is 26.4. The topological polar surface area (TPSA) is 78.9 Å². The third-order valence-electron chi connectivity index (χ3n) is 10.1. The lowest BCUT2D eigenvalue weighted by Crippen LogP contribution is -2.53. The lowest BCUT2D eigenvalue weighted by atomic mass is 9.96. The molecule has 230 valence electrons. The summed E-state index contributed by atoms with van der Waals surface area (Å²) in [6.45, 7) is 14.2. The predicted molar refractivity (Wildman–Crippen MR) is 177 cm³/mol. The van der Waals surface area contributed by atoms with E-state index in [-0.39, 0.29) is 5.91 Å². The third kappa shape index (κ3) is 5.40. The molecule has 0 spiro atoms. The summed E-state index contributed by atoms with van der Waals surface area (Å²) in [7, 11) is 2.24. The Kier molecular flexibility index (Phi) is 7.69. The summed E-state index contributed by atoms with van der Waals surface area (Å²) in [6.07, 6.45) is 6.15. The van der Waals surface area contributed by atoms with Crippen LogP contribution in [0.4, 0.5) is 5.69 Å². The Morgan fingerprint density at radius 1 is 0.864 bits per heavy atom. The number of anilines is 1. The standard InChI is InChI=1S/C36H44N6O2/c1-23-15-26(5-6-31(23)36(44)42-21-30(43)22-42)33-20-38-35-32(33)18-28(19-37-35)27-16-24(2)34(25(3)17-27)41-13-11-40(12-14-41)29-7-9-39(4)10-8-29/h5-6,15-20,29-30,43H,7-14,21-22H2,1-4H3,(H,37,38). The molecule has 8 nitrogen and oxygen atoms in total. The number of hydrogen-bond acceptors (Lipinski definition) is 6. The van der Waals surface area contributed by atoms with Crippen LogP contribution in [-0.4, -0.2) is 107 Å². The van der Waals surface area contributed by atoms with E-state index in [0.29, 0.717) is 18.7 Å². The van der Waals surface area contributed by atoms with E-state index in [1.165, 1.54) is 48.3 Å². The number of aromatic nitrogens is 2. The highest BCUT2D eigenvalue weighted by Gasteiger charge is 2.30. The number of nitrogens with zero attached hydrogens (tertiary/aromatic N) is 5. The molecule has 3 aliphatic rings. The number of aliphatic hydroxyl groups is 1. The van der Waals surface area contributed by atoms with Gasteiger partial charge in [-0.05, 0) is 106 Å². The van der Waals surface area contributed by atoms with Gasteiger partial charge in [0.05, 0.1) is 6.10 Å². The maximum atomic E-state index is 12.9. The lowest BCUT2D eigenvalue weighted by molar-refractivity contribution is 0.00584. The SMILES string of the molecule is Cc1cc(-c2c[nH]c3ncc(-c4cc(C)c(N5CCN(C6CCN(C)CC6)CC5)c(C)c4)cc23)ccc1C(=O)N1CC(O)C1. The first-order chi connectivity index (χ1) is 21.2. The van der Waals surface area contributed by atoms with Crippen molar-refractivity contribution in [2.24, 2.45) is 0 Å². The number of pyridine rings is 1. The quantitative estimate of drug-likeness (QED) is 0.345.